The predicted molar refractivity (Wildman–Crippen MR) is 77.7 cm³/mol. The third-order valence-corrected chi connectivity index (χ3v) is 2.89. The minimum absolute atomic E-state index is 0.838. The van der Waals surface area contributed by atoms with Crippen LogP contribution >= 0.6 is 8.25 Å². The fourth-order valence-electron chi connectivity index (χ4n) is 1.70. The molecule has 1 aromatic rings. The van der Waals surface area contributed by atoms with Gasteiger partial charge in [-0.1, -0.05) is 63.6 Å². The molecule has 18 heavy (non-hydrogen) atoms. The Morgan fingerprint density at radius 2 is 1.67 bits per heavy atom. The van der Waals surface area contributed by atoms with Gasteiger partial charge in [-0.25, -0.2) is 0 Å². The maximum atomic E-state index is 8.74. The molecule has 0 saturated carbocycles. The van der Waals surface area contributed by atoms with E-state index in [-0.39, 0.29) is 0 Å². The van der Waals surface area contributed by atoms with Crippen LogP contribution in [0.4, 0.5) is 0 Å². The molecule has 0 radical (unpaired) electrons. The van der Waals surface area contributed by atoms with E-state index in [1.165, 1.54) is 30.4 Å². The van der Waals surface area contributed by atoms with Gasteiger partial charge in [0.25, 0.3) is 0 Å². The zero-order valence-corrected chi connectivity index (χ0v) is 12.1. The second kappa shape index (κ2) is 10.1. The second-order valence-electron chi connectivity index (χ2n) is 4.11. The van der Waals surface area contributed by atoms with Gasteiger partial charge in [0.2, 0.25) is 0 Å². The van der Waals surface area contributed by atoms with Crippen LogP contribution in [0.1, 0.15) is 37.8 Å². The molecular formula is C14H23O3P. The van der Waals surface area contributed by atoms with Gasteiger partial charge >= 0.3 is 8.25 Å². The Hall–Kier alpha value is -0.890. The molecule has 3 nitrogen and oxygen atoms in total. The van der Waals surface area contributed by atoms with Crippen LogP contribution in [0, 0.1) is 5.92 Å². The summed E-state index contributed by atoms with van der Waals surface area (Å²) in [4.78, 5) is 14.3. The topological polar surface area (TPSA) is 57.5 Å². The third kappa shape index (κ3) is 8.24. The van der Waals surface area contributed by atoms with Crippen LogP contribution in [-0.4, -0.2) is 9.79 Å². The monoisotopic (exact) mass is 270 g/mol. The van der Waals surface area contributed by atoms with Crippen molar-refractivity contribution in [1.29, 1.82) is 0 Å². The molecule has 0 amide bonds. The summed E-state index contributed by atoms with van der Waals surface area (Å²) in [5, 5.41) is 0. The van der Waals surface area contributed by atoms with Crippen LogP contribution in [0.25, 0.3) is 6.08 Å². The van der Waals surface area contributed by atoms with Gasteiger partial charge in [-0.05, 0) is 23.5 Å². The van der Waals surface area contributed by atoms with E-state index in [9.17, 15) is 0 Å². The average Bonchev–Trinajstić information content (AvgIpc) is 2.36. The first-order chi connectivity index (χ1) is 8.53. The highest BCUT2D eigenvalue weighted by molar-refractivity contribution is 7.30. The molecule has 0 unspecified atom stereocenters. The second-order valence-corrected chi connectivity index (χ2v) is 4.68. The van der Waals surface area contributed by atoms with Crippen LogP contribution < -0.4 is 0 Å². The Labute approximate surface area is 110 Å². The van der Waals surface area contributed by atoms with Gasteiger partial charge in [-0.2, -0.15) is 0 Å². The molecule has 0 fully saturated rings. The number of hydrogen-bond acceptors (Lipinski definition) is 1. The Bertz CT molecular complexity index is 352. The fourth-order valence-corrected chi connectivity index (χ4v) is 1.70. The highest BCUT2D eigenvalue weighted by Gasteiger charge is 2.03. The van der Waals surface area contributed by atoms with Crippen molar-refractivity contribution in [2.45, 2.75) is 33.1 Å². The maximum absolute atomic E-state index is 8.74. The SMILES string of the molecule is C=Cc1ccc(CC(CC)CC)cc1.O=[PH](O)O. The summed E-state index contributed by atoms with van der Waals surface area (Å²) in [5.41, 5.74) is 2.66. The molecule has 0 atom stereocenters. The summed E-state index contributed by atoms with van der Waals surface area (Å²) in [6.45, 7) is 8.29. The smallest absolute Gasteiger partial charge is 0.314 e. The van der Waals surface area contributed by atoms with Gasteiger partial charge in [0.15, 0.2) is 0 Å². The van der Waals surface area contributed by atoms with Gasteiger partial charge in [-0.15, -0.1) is 0 Å². The number of rotatable bonds is 5. The Kier molecular flexibility index (Phi) is 9.57. The minimum Gasteiger partial charge on any atom is -0.326 e. The highest BCUT2D eigenvalue weighted by atomic mass is 31.1. The van der Waals surface area contributed by atoms with Crippen molar-refractivity contribution in [2.24, 2.45) is 5.92 Å². The minimum atomic E-state index is -3.13. The molecule has 0 saturated heterocycles. The van der Waals surface area contributed by atoms with Crippen molar-refractivity contribution in [3.63, 3.8) is 0 Å². The largest absolute Gasteiger partial charge is 0.326 e. The third-order valence-electron chi connectivity index (χ3n) is 2.89. The van der Waals surface area contributed by atoms with Gasteiger partial charge in [0.1, 0.15) is 0 Å². The summed E-state index contributed by atoms with van der Waals surface area (Å²) in [6, 6.07) is 8.72. The van der Waals surface area contributed by atoms with E-state index >= 15 is 0 Å². The molecule has 0 aliphatic heterocycles. The maximum Gasteiger partial charge on any atom is 0.314 e. The van der Waals surface area contributed by atoms with Crippen molar-refractivity contribution in [2.75, 3.05) is 0 Å². The first-order valence-electron chi connectivity index (χ1n) is 6.16. The van der Waals surface area contributed by atoms with E-state index in [0.29, 0.717) is 0 Å². The predicted octanol–water partition coefficient (Wildman–Crippen LogP) is 3.67. The molecule has 2 N–H and O–H groups in total. The van der Waals surface area contributed by atoms with Crippen LogP contribution in [0.2, 0.25) is 0 Å². The lowest BCUT2D eigenvalue weighted by Crippen LogP contribution is -2.01. The van der Waals surface area contributed by atoms with Crippen LogP contribution in [0.3, 0.4) is 0 Å². The van der Waals surface area contributed by atoms with Crippen molar-refractivity contribution >= 4 is 14.3 Å². The van der Waals surface area contributed by atoms with Crippen molar-refractivity contribution < 1.29 is 14.4 Å². The fraction of sp³-hybridized carbons (Fsp3) is 0.429. The normalized spacial score (nSPS) is 10.1. The van der Waals surface area contributed by atoms with E-state index in [4.69, 9.17) is 14.4 Å². The van der Waals surface area contributed by atoms with E-state index in [1.807, 2.05) is 6.08 Å². The zero-order chi connectivity index (χ0) is 14.0. The Morgan fingerprint density at radius 1 is 1.22 bits per heavy atom. The standard InChI is InChI=1S/C14H20.H3O3P/c1-4-12(5-2)11-14-9-7-13(6-3)8-10-14;1-4(2)3/h6-10,12H,3-5,11H2,1-2H3;4H,(H2,1,2,3). The summed E-state index contributed by atoms with van der Waals surface area (Å²) < 4.78 is 8.74. The molecular weight excluding hydrogens is 247 g/mol. The average molecular weight is 270 g/mol. The molecule has 0 aliphatic rings. The molecule has 4 heteroatoms. The van der Waals surface area contributed by atoms with Gasteiger partial charge in [0, 0.05) is 0 Å². The van der Waals surface area contributed by atoms with E-state index in [2.05, 4.69) is 44.7 Å². The van der Waals surface area contributed by atoms with Crippen LogP contribution in [-0.2, 0) is 11.0 Å². The summed E-state index contributed by atoms with van der Waals surface area (Å²) >= 11 is 0. The van der Waals surface area contributed by atoms with Crippen molar-refractivity contribution in [1.82, 2.24) is 0 Å². The Morgan fingerprint density at radius 3 is 2.00 bits per heavy atom. The first-order valence-corrected chi connectivity index (χ1v) is 7.46. The summed E-state index contributed by atoms with van der Waals surface area (Å²) in [5.74, 6) is 0.838. The van der Waals surface area contributed by atoms with E-state index in [0.717, 1.165) is 5.92 Å². The zero-order valence-electron chi connectivity index (χ0n) is 11.1. The molecule has 0 aliphatic carbocycles. The number of hydrogen-bond donors (Lipinski definition) is 2. The molecule has 1 aromatic carbocycles. The number of benzene rings is 1. The van der Waals surface area contributed by atoms with Crippen LogP contribution in [0.5, 0.6) is 0 Å². The van der Waals surface area contributed by atoms with Gasteiger partial charge in [-0.3, -0.25) is 4.57 Å². The lowest BCUT2D eigenvalue weighted by atomic mass is 9.94. The van der Waals surface area contributed by atoms with E-state index < -0.39 is 8.25 Å². The van der Waals surface area contributed by atoms with Gasteiger partial charge < -0.3 is 9.79 Å². The van der Waals surface area contributed by atoms with Crippen molar-refractivity contribution in [3.05, 3.63) is 42.0 Å². The lowest BCUT2D eigenvalue weighted by Gasteiger charge is -2.11. The molecule has 0 heterocycles. The molecule has 1 rings (SSSR count). The molecule has 0 spiro atoms. The molecule has 102 valence electrons. The Balaban J connectivity index is 0.000000631. The quantitative estimate of drug-likeness (QED) is 0.803. The summed E-state index contributed by atoms with van der Waals surface area (Å²) in [6.07, 6.45) is 5.66. The first kappa shape index (κ1) is 17.1. The van der Waals surface area contributed by atoms with Gasteiger partial charge in [0.05, 0.1) is 0 Å². The van der Waals surface area contributed by atoms with Crippen LogP contribution in [0.15, 0.2) is 30.8 Å². The van der Waals surface area contributed by atoms with Crippen molar-refractivity contribution in [3.8, 4) is 0 Å². The highest BCUT2D eigenvalue weighted by Crippen LogP contribution is 2.16. The van der Waals surface area contributed by atoms with E-state index in [1.54, 1.807) is 0 Å². The molecule has 0 bridgehead atoms. The molecule has 0 aromatic heterocycles. The lowest BCUT2D eigenvalue weighted by molar-refractivity contribution is 0.405. The summed E-state index contributed by atoms with van der Waals surface area (Å²) in [7, 11) is -3.13.